The molecule has 1 fully saturated rings. The van der Waals surface area contributed by atoms with Crippen molar-refractivity contribution in [1.82, 2.24) is 4.98 Å². The molecule has 3 aromatic rings. The molecule has 0 amide bonds. The summed E-state index contributed by atoms with van der Waals surface area (Å²) < 4.78 is 18.9. The number of pyridine rings is 1. The molecule has 0 atom stereocenters. The predicted octanol–water partition coefficient (Wildman–Crippen LogP) is 7.23. The Labute approximate surface area is 208 Å². The first-order valence-corrected chi connectivity index (χ1v) is 10.7. The number of nitrogens with one attached hydrogen (secondary N) is 1. The minimum absolute atomic E-state index is 0. The molecule has 166 valence electrons. The first kappa shape index (κ1) is 26.0. The van der Waals surface area contributed by atoms with Crippen LogP contribution in [0, 0.1) is 36.9 Å². The van der Waals surface area contributed by atoms with E-state index in [9.17, 15) is 9.65 Å². The second-order valence-corrected chi connectivity index (χ2v) is 7.88. The van der Waals surface area contributed by atoms with Gasteiger partial charge in [0.05, 0.1) is 28.4 Å². The average Bonchev–Trinajstić information content (AvgIpc) is 3.23. The Kier molecular flexibility index (Phi) is 9.81. The molecule has 1 aliphatic rings. The molecular formula is C25H25ClFN3OW. The topological polar surface area (TPSA) is 57.9 Å². The van der Waals surface area contributed by atoms with Crippen molar-refractivity contribution in [3.8, 4) is 11.8 Å². The third kappa shape index (κ3) is 6.37. The predicted molar refractivity (Wildman–Crippen MR) is 124 cm³/mol. The number of halogens is 2. The van der Waals surface area contributed by atoms with Gasteiger partial charge in [-0.05, 0) is 30.5 Å². The zero-order chi connectivity index (χ0) is 22.4. The number of anilines is 2. The third-order valence-electron chi connectivity index (χ3n) is 5.13. The van der Waals surface area contributed by atoms with E-state index in [2.05, 4.69) is 30.2 Å². The van der Waals surface area contributed by atoms with Crippen LogP contribution in [0.15, 0.2) is 36.5 Å². The van der Waals surface area contributed by atoms with Gasteiger partial charge < -0.3 is 17.0 Å². The summed E-state index contributed by atoms with van der Waals surface area (Å²) in [5.41, 5.74) is 2.83. The van der Waals surface area contributed by atoms with Crippen LogP contribution in [0.4, 0.5) is 15.8 Å². The van der Waals surface area contributed by atoms with Crippen molar-refractivity contribution in [3.63, 3.8) is 0 Å². The molecule has 1 heterocycles. The molecule has 0 bridgehead atoms. The van der Waals surface area contributed by atoms with Crippen molar-refractivity contribution in [3.05, 3.63) is 72.3 Å². The number of hydrogen-bond donors (Lipinski definition) is 1. The van der Waals surface area contributed by atoms with E-state index in [1.54, 1.807) is 12.1 Å². The minimum atomic E-state index is -0.506. The number of nitrogens with zero attached hydrogens (tertiary/aromatic N) is 2. The molecular weight excluding hydrogens is 597 g/mol. The van der Waals surface area contributed by atoms with Crippen LogP contribution in [0.2, 0.25) is 5.02 Å². The van der Waals surface area contributed by atoms with E-state index in [1.807, 2.05) is 13.0 Å². The molecule has 4 rings (SSSR count). The fourth-order valence-corrected chi connectivity index (χ4v) is 3.68. The van der Waals surface area contributed by atoms with Gasteiger partial charge in [-0.25, -0.2) is 4.39 Å². The molecule has 1 aromatic heterocycles. The van der Waals surface area contributed by atoms with E-state index in [0.29, 0.717) is 45.8 Å². The molecule has 7 heteroatoms. The molecule has 0 unspecified atom stereocenters. The molecule has 1 N–H and O–H groups in total. The Morgan fingerprint density at radius 1 is 1.28 bits per heavy atom. The normalized spacial score (nSPS) is 13.0. The van der Waals surface area contributed by atoms with E-state index < -0.39 is 5.82 Å². The number of nitriles is 1. The maximum absolute atomic E-state index is 13.4. The van der Waals surface area contributed by atoms with Crippen molar-refractivity contribution in [2.75, 3.05) is 11.9 Å². The first-order chi connectivity index (χ1) is 14.9. The fraction of sp³-hybridized carbons (Fsp3) is 0.280. The minimum Gasteiger partial charge on any atom is -0.551 e. The van der Waals surface area contributed by atoms with Gasteiger partial charge in [-0.2, -0.15) is 23.7 Å². The smallest absolute Gasteiger partial charge is 0.551 e. The second-order valence-electron chi connectivity index (χ2n) is 7.47. The molecule has 1 saturated carbocycles. The van der Waals surface area contributed by atoms with E-state index in [0.717, 1.165) is 5.92 Å². The fourth-order valence-electron chi connectivity index (χ4n) is 3.50. The number of benzene rings is 2. The van der Waals surface area contributed by atoms with Crippen LogP contribution in [-0.4, -0.2) is 11.6 Å². The Balaban J connectivity index is 0.000000450. The van der Waals surface area contributed by atoms with Gasteiger partial charge in [0.2, 0.25) is 0 Å². The summed E-state index contributed by atoms with van der Waals surface area (Å²) >= 11 is 5.83. The zero-order valence-electron chi connectivity index (χ0n) is 18.0. The number of fused-ring (bicyclic) bond motifs is 1. The van der Waals surface area contributed by atoms with Crippen molar-refractivity contribution in [2.24, 2.45) is 5.92 Å². The molecule has 0 radical (unpaired) electrons. The van der Waals surface area contributed by atoms with Crippen molar-refractivity contribution in [1.29, 1.82) is 5.26 Å². The van der Waals surface area contributed by atoms with E-state index in [1.165, 1.54) is 44.0 Å². The summed E-state index contributed by atoms with van der Waals surface area (Å²) in [6.07, 6.45) is 7.08. The standard InChI is InChI=1S/C19H14ClFN3O.C6H11.W/c1-3-25-18-8-17-14(6-11(18)2)19(12(9-22)10-23-17)24-13-4-5-16(21)15(20)7-13;1-6-4-2-3-5-6;/h4-8,10H,2-3H2,1H3,(H,23,24);6H,1-5H2;/q2*-1;+2. The SMILES string of the molecule is [CH2-]C1CCCC1.[CH2-]c1cc2c(Nc3ccc(F)c(Cl)c3)c(C#N)cnc2cc1OCC.[W+2]. The molecule has 0 aliphatic heterocycles. The Morgan fingerprint density at radius 2 is 2.00 bits per heavy atom. The summed E-state index contributed by atoms with van der Waals surface area (Å²) in [6, 6.07) is 9.98. The molecule has 0 spiro atoms. The maximum atomic E-state index is 13.4. The Morgan fingerprint density at radius 3 is 2.56 bits per heavy atom. The van der Waals surface area contributed by atoms with Gasteiger partial charge in [0.25, 0.3) is 0 Å². The number of hydrogen-bond acceptors (Lipinski definition) is 4. The van der Waals surface area contributed by atoms with E-state index >= 15 is 0 Å². The molecule has 4 nitrogen and oxygen atoms in total. The van der Waals surface area contributed by atoms with Gasteiger partial charge in [0, 0.05) is 17.6 Å². The van der Waals surface area contributed by atoms with Crippen LogP contribution < -0.4 is 10.1 Å². The summed E-state index contributed by atoms with van der Waals surface area (Å²) in [7, 11) is 0. The van der Waals surface area contributed by atoms with Gasteiger partial charge in [-0.15, -0.1) is 6.07 Å². The summed E-state index contributed by atoms with van der Waals surface area (Å²) in [5, 5.41) is 13.3. The molecule has 2 aromatic carbocycles. The largest absolute Gasteiger partial charge is 2.00 e. The van der Waals surface area contributed by atoms with Crippen LogP contribution in [0.25, 0.3) is 10.9 Å². The average molecular weight is 622 g/mol. The van der Waals surface area contributed by atoms with Gasteiger partial charge in [0.1, 0.15) is 11.9 Å². The van der Waals surface area contributed by atoms with Crippen LogP contribution in [0.5, 0.6) is 5.75 Å². The van der Waals surface area contributed by atoms with Crippen LogP contribution in [0.3, 0.4) is 0 Å². The summed E-state index contributed by atoms with van der Waals surface area (Å²) in [6.45, 7) is 10.3. The molecule has 1 aliphatic carbocycles. The van der Waals surface area contributed by atoms with Gasteiger partial charge in [0.15, 0.2) is 0 Å². The van der Waals surface area contributed by atoms with Crippen molar-refractivity contribution < 1.29 is 30.2 Å². The Bertz CT molecular complexity index is 1110. The summed E-state index contributed by atoms with van der Waals surface area (Å²) in [5.74, 6) is 0.932. The first-order valence-electron chi connectivity index (χ1n) is 10.3. The van der Waals surface area contributed by atoms with Crippen LogP contribution in [-0.2, 0) is 21.1 Å². The van der Waals surface area contributed by atoms with Crippen molar-refractivity contribution in [2.45, 2.75) is 32.6 Å². The maximum Gasteiger partial charge on any atom is 2.00 e. The third-order valence-corrected chi connectivity index (χ3v) is 5.42. The van der Waals surface area contributed by atoms with Crippen LogP contribution >= 0.6 is 11.6 Å². The van der Waals surface area contributed by atoms with Gasteiger partial charge in [-0.1, -0.05) is 43.4 Å². The zero-order valence-corrected chi connectivity index (χ0v) is 21.6. The van der Waals surface area contributed by atoms with Gasteiger partial charge >= 0.3 is 21.1 Å². The van der Waals surface area contributed by atoms with Crippen molar-refractivity contribution >= 4 is 33.9 Å². The molecule has 0 saturated heterocycles. The number of aromatic nitrogens is 1. The molecule has 32 heavy (non-hydrogen) atoms. The van der Waals surface area contributed by atoms with Crippen LogP contribution in [0.1, 0.15) is 43.7 Å². The summed E-state index contributed by atoms with van der Waals surface area (Å²) in [4.78, 5) is 4.31. The number of ether oxygens (including phenoxy) is 1. The van der Waals surface area contributed by atoms with Gasteiger partial charge in [-0.3, -0.25) is 4.98 Å². The monoisotopic (exact) mass is 621 g/mol. The van der Waals surface area contributed by atoms with E-state index in [4.69, 9.17) is 16.3 Å². The Hall–Kier alpha value is -2.28. The number of rotatable bonds is 4. The second kappa shape index (κ2) is 12.1. The quantitative estimate of drug-likeness (QED) is 0.313. The van der Waals surface area contributed by atoms with E-state index in [-0.39, 0.29) is 26.1 Å².